The molecular weight excluding hydrogens is 294 g/mol. The monoisotopic (exact) mass is 315 g/mol. The minimum absolute atomic E-state index is 0.0818. The van der Waals surface area contributed by atoms with Gasteiger partial charge in [-0.3, -0.25) is 4.79 Å². The Hall–Kier alpha value is -1.80. The molecular formula is C19H22ClNO. The van der Waals surface area contributed by atoms with Crippen LogP contribution in [0.4, 0.5) is 0 Å². The first-order valence-electron chi connectivity index (χ1n) is 7.69. The van der Waals surface area contributed by atoms with E-state index < -0.39 is 0 Å². The molecule has 0 radical (unpaired) electrons. The molecule has 3 heteroatoms. The summed E-state index contributed by atoms with van der Waals surface area (Å²) in [7, 11) is 0. The fourth-order valence-electron chi connectivity index (χ4n) is 2.40. The summed E-state index contributed by atoms with van der Waals surface area (Å²) >= 11 is 5.86. The Morgan fingerprint density at radius 2 is 1.73 bits per heavy atom. The Morgan fingerprint density at radius 1 is 1.09 bits per heavy atom. The SMILES string of the molecule is CCC(NC(=O)CCc1ccc(Cl)cc1)c1ccc(C)cc1. The number of carbonyl (C=O) groups excluding carboxylic acids is 1. The van der Waals surface area contributed by atoms with Crippen LogP contribution in [0.15, 0.2) is 48.5 Å². The van der Waals surface area contributed by atoms with Crippen molar-refractivity contribution in [2.45, 2.75) is 39.2 Å². The summed E-state index contributed by atoms with van der Waals surface area (Å²) in [5.74, 6) is 0.0855. The lowest BCUT2D eigenvalue weighted by Gasteiger charge is -2.17. The normalized spacial score (nSPS) is 12.0. The van der Waals surface area contributed by atoms with Gasteiger partial charge in [0, 0.05) is 11.4 Å². The molecule has 0 fully saturated rings. The van der Waals surface area contributed by atoms with Crippen molar-refractivity contribution in [3.05, 3.63) is 70.2 Å². The van der Waals surface area contributed by atoms with Crippen LogP contribution >= 0.6 is 11.6 Å². The number of amides is 1. The third kappa shape index (κ3) is 4.88. The van der Waals surface area contributed by atoms with Gasteiger partial charge in [0.2, 0.25) is 5.91 Å². The van der Waals surface area contributed by atoms with Crippen molar-refractivity contribution >= 4 is 17.5 Å². The predicted molar refractivity (Wildman–Crippen MR) is 92.1 cm³/mol. The molecule has 1 unspecified atom stereocenters. The lowest BCUT2D eigenvalue weighted by molar-refractivity contribution is -0.121. The molecule has 2 aromatic carbocycles. The topological polar surface area (TPSA) is 29.1 Å². The molecule has 2 aromatic rings. The van der Waals surface area contributed by atoms with Crippen LogP contribution in [-0.4, -0.2) is 5.91 Å². The van der Waals surface area contributed by atoms with Gasteiger partial charge < -0.3 is 5.32 Å². The highest BCUT2D eigenvalue weighted by Gasteiger charge is 2.12. The quantitative estimate of drug-likeness (QED) is 0.811. The number of benzene rings is 2. The highest BCUT2D eigenvalue weighted by atomic mass is 35.5. The second-order valence-corrected chi connectivity index (χ2v) is 6.00. The first-order valence-corrected chi connectivity index (χ1v) is 8.06. The van der Waals surface area contributed by atoms with Crippen LogP contribution in [0, 0.1) is 6.92 Å². The van der Waals surface area contributed by atoms with E-state index in [1.165, 1.54) is 5.56 Å². The Balaban J connectivity index is 1.89. The van der Waals surface area contributed by atoms with Crippen molar-refractivity contribution in [3.63, 3.8) is 0 Å². The summed E-state index contributed by atoms with van der Waals surface area (Å²) in [6.07, 6.45) is 2.10. The molecule has 22 heavy (non-hydrogen) atoms. The van der Waals surface area contributed by atoms with E-state index in [0.717, 1.165) is 29.0 Å². The standard InChI is InChI=1S/C19H22ClNO/c1-3-18(16-9-4-14(2)5-10-16)21-19(22)13-8-15-6-11-17(20)12-7-15/h4-7,9-12,18H,3,8,13H2,1-2H3,(H,21,22). The smallest absolute Gasteiger partial charge is 0.220 e. The highest BCUT2D eigenvalue weighted by Crippen LogP contribution is 2.17. The first-order chi connectivity index (χ1) is 10.6. The van der Waals surface area contributed by atoms with Gasteiger partial charge in [0.05, 0.1) is 6.04 Å². The molecule has 116 valence electrons. The second-order valence-electron chi connectivity index (χ2n) is 5.57. The summed E-state index contributed by atoms with van der Waals surface area (Å²) in [6.45, 7) is 4.15. The van der Waals surface area contributed by atoms with Crippen molar-refractivity contribution in [1.82, 2.24) is 5.32 Å². The van der Waals surface area contributed by atoms with E-state index >= 15 is 0 Å². The van der Waals surface area contributed by atoms with Gasteiger partial charge in [-0.25, -0.2) is 0 Å². The number of carbonyl (C=O) groups is 1. The summed E-state index contributed by atoms with van der Waals surface area (Å²) in [5.41, 5.74) is 3.52. The van der Waals surface area contributed by atoms with Gasteiger partial charge >= 0.3 is 0 Å². The fourth-order valence-corrected chi connectivity index (χ4v) is 2.52. The molecule has 0 saturated heterocycles. The maximum Gasteiger partial charge on any atom is 0.220 e. The van der Waals surface area contributed by atoms with Gasteiger partial charge in [-0.1, -0.05) is 60.5 Å². The third-order valence-electron chi connectivity index (χ3n) is 3.78. The van der Waals surface area contributed by atoms with Gasteiger partial charge in [-0.2, -0.15) is 0 Å². The summed E-state index contributed by atoms with van der Waals surface area (Å²) in [6, 6.07) is 16.1. The minimum atomic E-state index is 0.0818. The van der Waals surface area contributed by atoms with E-state index in [-0.39, 0.29) is 11.9 Å². The summed E-state index contributed by atoms with van der Waals surface area (Å²) < 4.78 is 0. The molecule has 1 amide bonds. The van der Waals surface area contributed by atoms with Crippen LogP contribution in [0.1, 0.15) is 42.5 Å². The van der Waals surface area contributed by atoms with Crippen molar-refractivity contribution in [3.8, 4) is 0 Å². The first kappa shape index (κ1) is 16.6. The number of rotatable bonds is 6. The Morgan fingerprint density at radius 3 is 2.32 bits per heavy atom. The van der Waals surface area contributed by atoms with Gasteiger partial charge in [0.15, 0.2) is 0 Å². The third-order valence-corrected chi connectivity index (χ3v) is 4.03. The van der Waals surface area contributed by atoms with Crippen molar-refractivity contribution < 1.29 is 4.79 Å². The number of nitrogens with one attached hydrogen (secondary N) is 1. The number of hydrogen-bond acceptors (Lipinski definition) is 1. The maximum atomic E-state index is 12.2. The number of halogens is 1. The highest BCUT2D eigenvalue weighted by molar-refractivity contribution is 6.30. The van der Waals surface area contributed by atoms with E-state index in [4.69, 9.17) is 11.6 Å². The molecule has 0 bridgehead atoms. The van der Waals surface area contributed by atoms with Gasteiger partial charge in [-0.05, 0) is 43.0 Å². The fraction of sp³-hybridized carbons (Fsp3) is 0.316. The van der Waals surface area contributed by atoms with E-state index in [1.54, 1.807) is 0 Å². The van der Waals surface area contributed by atoms with E-state index in [2.05, 4.69) is 43.4 Å². The van der Waals surface area contributed by atoms with Crippen LogP contribution in [0.25, 0.3) is 0 Å². The second kappa shape index (κ2) is 8.00. The Kier molecular flexibility index (Phi) is 6.02. The van der Waals surface area contributed by atoms with Gasteiger partial charge in [-0.15, -0.1) is 0 Å². The zero-order valence-corrected chi connectivity index (χ0v) is 13.9. The van der Waals surface area contributed by atoms with Crippen LogP contribution in [0.5, 0.6) is 0 Å². The maximum absolute atomic E-state index is 12.2. The lowest BCUT2D eigenvalue weighted by Crippen LogP contribution is -2.28. The van der Waals surface area contributed by atoms with Crippen molar-refractivity contribution in [2.24, 2.45) is 0 Å². The molecule has 0 heterocycles. The summed E-state index contributed by atoms with van der Waals surface area (Å²) in [5, 5.41) is 3.84. The van der Waals surface area contributed by atoms with Crippen molar-refractivity contribution in [2.75, 3.05) is 0 Å². The zero-order chi connectivity index (χ0) is 15.9. The van der Waals surface area contributed by atoms with E-state index in [9.17, 15) is 4.79 Å². The average molecular weight is 316 g/mol. The zero-order valence-electron chi connectivity index (χ0n) is 13.1. The molecule has 0 aliphatic rings. The molecule has 0 spiro atoms. The summed E-state index contributed by atoms with van der Waals surface area (Å²) in [4.78, 5) is 12.2. The molecule has 1 atom stereocenters. The number of aryl methyl sites for hydroxylation is 2. The van der Waals surface area contributed by atoms with Crippen LogP contribution < -0.4 is 5.32 Å². The van der Waals surface area contributed by atoms with Crippen LogP contribution in [0.3, 0.4) is 0 Å². The molecule has 2 nitrogen and oxygen atoms in total. The molecule has 1 N–H and O–H groups in total. The van der Waals surface area contributed by atoms with Crippen LogP contribution in [0.2, 0.25) is 5.02 Å². The molecule has 0 saturated carbocycles. The van der Waals surface area contributed by atoms with E-state index in [0.29, 0.717) is 6.42 Å². The molecule has 2 rings (SSSR count). The van der Waals surface area contributed by atoms with Crippen LogP contribution in [-0.2, 0) is 11.2 Å². The Labute approximate surface area is 137 Å². The largest absolute Gasteiger partial charge is 0.349 e. The van der Waals surface area contributed by atoms with E-state index in [1.807, 2.05) is 24.3 Å². The predicted octanol–water partition coefficient (Wildman–Crippen LogP) is 4.85. The molecule has 0 aromatic heterocycles. The average Bonchev–Trinajstić information content (AvgIpc) is 2.53. The van der Waals surface area contributed by atoms with Crippen molar-refractivity contribution in [1.29, 1.82) is 0 Å². The molecule has 0 aliphatic heterocycles. The minimum Gasteiger partial charge on any atom is -0.349 e. The lowest BCUT2D eigenvalue weighted by atomic mass is 10.0. The van der Waals surface area contributed by atoms with Gasteiger partial charge in [0.1, 0.15) is 0 Å². The van der Waals surface area contributed by atoms with Gasteiger partial charge in [0.25, 0.3) is 0 Å². The molecule has 0 aliphatic carbocycles. The Bertz CT molecular complexity index is 604. The number of hydrogen-bond donors (Lipinski definition) is 1.